The number of amides is 1. The van der Waals surface area contributed by atoms with Crippen LogP contribution in [0, 0.1) is 0 Å². The number of allylic oxidation sites excluding steroid dienone is 1. The zero-order valence-corrected chi connectivity index (χ0v) is 11.4. The summed E-state index contributed by atoms with van der Waals surface area (Å²) in [6.07, 6.45) is 4.13. The number of hydrogen-bond donors (Lipinski definition) is 1. The first-order valence-corrected chi connectivity index (χ1v) is 7.04. The van der Waals surface area contributed by atoms with Crippen molar-refractivity contribution in [3.63, 3.8) is 0 Å². The van der Waals surface area contributed by atoms with Crippen LogP contribution in [0.1, 0.15) is 35.4 Å². The SMILES string of the molecule is C=C1CCC(NC(=O)c2cc(Br)cs2)CC1. The minimum absolute atomic E-state index is 0.0493. The van der Waals surface area contributed by atoms with Gasteiger partial charge in [-0.3, -0.25) is 4.79 Å². The molecule has 1 aromatic rings. The lowest BCUT2D eigenvalue weighted by molar-refractivity contribution is 0.0934. The number of halogens is 1. The van der Waals surface area contributed by atoms with Gasteiger partial charge in [-0.25, -0.2) is 0 Å². The maximum Gasteiger partial charge on any atom is 0.261 e. The third kappa shape index (κ3) is 2.95. The summed E-state index contributed by atoms with van der Waals surface area (Å²) in [5, 5.41) is 5.01. The van der Waals surface area contributed by atoms with Crippen molar-refractivity contribution in [1.82, 2.24) is 5.32 Å². The normalized spacial score (nSPS) is 17.4. The topological polar surface area (TPSA) is 29.1 Å². The largest absolute Gasteiger partial charge is 0.349 e. The number of hydrogen-bond acceptors (Lipinski definition) is 2. The van der Waals surface area contributed by atoms with Crippen LogP contribution in [0.2, 0.25) is 0 Å². The Bertz CT molecular complexity index is 403. The predicted octanol–water partition coefficient (Wildman–Crippen LogP) is 3.74. The molecular formula is C12H14BrNOS. The summed E-state index contributed by atoms with van der Waals surface area (Å²) in [6.45, 7) is 3.97. The molecule has 1 aliphatic rings. The average Bonchev–Trinajstić information content (AvgIpc) is 2.68. The predicted molar refractivity (Wildman–Crippen MR) is 70.9 cm³/mol. The Balaban J connectivity index is 1.90. The zero-order valence-electron chi connectivity index (χ0n) is 8.96. The molecule has 2 rings (SSSR count). The van der Waals surface area contributed by atoms with Gasteiger partial charge in [0, 0.05) is 15.9 Å². The lowest BCUT2D eigenvalue weighted by atomic mass is 9.92. The maximum absolute atomic E-state index is 11.9. The summed E-state index contributed by atoms with van der Waals surface area (Å²) in [4.78, 5) is 12.6. The van der Waals surface area contributed by atoms with Crippen LogP contribution in [0.3, 0.4) is 0 Å². The highest BCUT2D eigenvalue weighted by Crippen LogP contribution is 2.23. The first-order valence-electron chi connectivity index (χ1n) is 5.36. The summed E-state index contributed by atoms with van der Waals surface area (Å²) in [5.41, 5.74) is 1.31. The molecule has 0 saturated heterocycles. The fourth-order valence-electron chi connectivity index (χ4n) is 1.86. The van der Waals surface area contributed by atoms with Crippen LogP contribution in [0.4, 0.5) is 0 Å². The van der Waals surface area contributed by atoms with Gasteiger partial charge in [-0.05, 0) is 47.7 Å². The molecule has 4 heteroatoms. The van der Waals surface area contributed by atoms with Crippen molar-refractivity contribution >= 4 is 33.2 Å². The second-order valence-electron chi connectivity index (χ2n) is 4.13. The van der Waals surface area contributed by atoms with Crippen molar-refractivity contribution in [2.24, 2.45) is 0 Å². The fraction of sp³-hybridized carbons (Fsp3) is 0.417. The maximum atomic E-state index is 11.9. The highest BCUT2D eigenvalue weighted by molar-refractivity contribution is 9.10. The van der Waals surface area contributed by atoms with Crippen LogP contribution < -0.4 is 5.32 Å². The first kappa shape index (κ1) is 11.9. The van der Waals surface area contributed by atoms with Gasteiger partial charge < -0.3 is 5.32 Å². The highest BCUT2D eigenvalue weighted by Gasteiger charge is 2.18. The number of nitrogens with one attached hydrogen (secondary N) is 1. The third-order valence-corrected chi connectivity index (χ3v) is 4.51. The Kier molecular flexibility index (Phi) is 3.82. The molecule has 86 valence electrons. The molecule has 16 heavy (non-hydrogen) atoms. The van der Waals surface area contributed by atoms with Crippen LogP contribution in [0.15, 0.2) is 28.1 Å². The Morgan fingerprint density at radius 3 is 2.75 bits per heavy atom. The quantitative estimate of drug-likeness (QED) is 0.828. The van der Waals surface area contributed by atoms with Crippen LogP contribution >= 0.6 is 27.3 Å². The zero-order chi connectivity index (χ0) is 11.5. The van der Waals surface area contributed by atoms with Crippen LogP contribution in [-0.2, 0) is 0 Å². The number of carbonyl (C=O) groups is 1. The standard InChI is InChI=1S/C12H14BrNOS/c1-8-2-4-10(5-3-8)14-12(15)11-6-9(13)7-16-11/h6-7,10H,1-5H2,(H,14,15). The van der Waals surface area contributed by atoms with Crippen LogP contribution in [0.25, 0.3) is 0 Å². The molecule has 0 spiro atoms. The average molecular weight is 300 g/mol. The minimum atomic E-state index is 0.0493. The molecule has 0 aromatic carbocycles. The molecular weight excluding hydrogens is 286 g/mol. The molecule has 0 atom stereocenters. The van der Waals surface area contributed by atoms with Crippen LogP contribution in [-0.4, -0.2) is 11.9 Å². The molecule has 1 heterocycles. The molecule has 1 aromatic heterocycles. The Hall–Kier alpha value is -0.610. The van der Waals surface area contributed by atoms with E-state index in [2.05, 4.69) is 27.8 Å². The highest BCUT2D eigenvalue weighted by atomic mass is 79.9. The van der Waals surface area contributed by atoms with Crippen molar-refractivity contribution < 1.29 is 4.79 Å². The van der Waals surface area contributed by atoms with E-state index in [4.69, 9.17) is 0 Å². The first-order chi connectivity index (χ1) is 7.65. The molecule has 0 unspecified atom stereocenters. The van der Waals surface area contributed by atoms with E-state index in [-0.39, 0.29) is 5.91 Å². The number of thiophene rings is 1. The van der Waals surface area contributed by atoms with Crippen molar-refractivity contribution in [2.75, 3.05) is 0 Å². The smallest absolute Gasteiger partial charge is 0.261 e. The summed E-state index contributed by atoms with van der Waals surface area (Å²) in [7, 11) is 0. The number of rotatable bonds is 2. The van der Waals surface area contributed by atoms with Gasteiger partial charge in [0.1, 0.15) is 0 Å². The van der Waals surface area contributed by atoms with Gasteiger partial charge in [-0.15, -0.1) is 11.3 Å². The van der Waals surface area contributed by atoms with E-state index in [1.165, 1.54) is 16.9 Å². The molecule has 1 aliphatic carbocycles. The second kappa shape index (κ2) is 5.15. The summed E-state index contributed by atoms with van der Waals surface area (Å²) in [5.74, 6) is 0.0493. The van der Waals surface area contributed by atoms with Gasteiger partial charge in [-0.1, -0.05) is 12.2 Å². The second-order valence-corrected chi connectivity index (χ2v) is 5.95. The van der Waals surface area contributed by atoms with Gasteiger partial charge in [0.05, 0.1) is 4.88 Å². The van der Waals surface area contributed by atoms with Crippen LogP contribution in [0.5, 0.6) is 0 Å². The van der Waals surface area contributed by atoms with Crippen molar-refractivity contribution in [3.8, 4) is 0 Å². The Morgan fingerprint density at radius 2 is 2.19 bits per heavy atom. The molecule has 0 bridgehead atoms. The monoisotopic (exact) mass is 299 g/mol. The lowest BCUT2D eigenvalue weighted by Gasteiger charge is -2.23. The van der Waals surface area contributed by atoms with Gasteiger partial charge in [0.15, 0.2) is 0 Å². The van der Waals surface area contributed by atoms with Crippen molar-refractivity contribution in [2.45, 2.75) is 31.7 Å². The summed E-state index contributed by atoms with van der Waals surface area (Å²) < 4.78 is 0.972. The van der Waals surface area contributed by atoms with E-state index in [1.807, 2.05) is 11.4 Å². The van der Waals surface area contributed by atoms with Crippen molar-refractivity contribution in [3.05, 3.63) is 32.9 Å². The van der Waals surface area contributed by atoms with Gasteiger partial charge in [0.25, 0.3) is 5.91 Å². The van der Waals surface area contributed by atoms with Crippen molar-refractivity contribution in [1.29, 1.82) is 0 Å². The van der Waals surface area contributed by atoms with E-state index >= 15 is 0 Å². The van der Waals surface area contributed by atoms with E-state index in [0.717, 1.165) is 35.0 Å². The van der Waals surface area contributed by atoms with E-state index < -0.39 is 0 Å². The molecule has 1 saturated carbocycles. The number of carbonyl (C=O) groups excluding carboxylic acids is 1. The molecule has 0 aliphatic heterocycles. The van der Waals surface area contributed by atoms with E-state index in [1.54, 1.807) is 0 Å². The molecule has 0 radical (unpaired) electrons. The van der Waals surface area contributed by atoms with E-state index in [0.29, 0.717) is 6.04 Å². The minimum Gasteiger partial charge on any atom is -0.349 e. The van der Waals surface area contributed by atoms with Gasteiger partial charge in [0.2, 0.25) is 0 Å². The summed E-state index contributed by atoms with van der Waals surface area (Å²) >= 11 is 4.82. The Morgan fingerprint density at radius 1 is 1.50 bits per heavy atom. The van der Waals surface area contributed by atoms with E-state index in [9.17, 15) is 4.79 Å². The third-order valence-electron chi connectivity index (χ3n) is 2.82. The molecule has 1 fully saturated rings. The lowest BCUT2D eigenvalue weighted by Crippen LogP contribution is -2.36. The molecule has 1 N–H and O–H groups in total. The fourth-order valence-corrected chi connectivity index (χ4v) is 3.19. The molecule has 2 nitrogen and oxygen atoms in total. The van der Waals surface area contributed by atoms with Gasteiger partial charge >= 0.3 is 0 Å². The van der Waals surface area contributed by atoms with Gasteiger partial charge in [-0.2, -0.15) is 0 Å². The molecule has 1 amide bonds. The summed E-state index contributed by atoms with van der Waals surface area (Å²) in [6, 6.07) is 2.18. The Labute approximate surface area is 108 Å².